The molecule has 2 aromatic carbocycles. The van der Waals surface area contributed by atoms with Gasteiger partial charge in [0.1, 0.15) is 0 Å². The molecule has 0 fully saturated rings. The van der Waals surface area contributed by atoms with E-state index in [1.165, 1.54) is 61.8 Å². The Kier molecular flexibility index (Phi) is 11.3. The van der Waals surface area contributed by atoms with E-state index in [1.807, 2.05) is 30.3 Å². The highest BCUT2D eigenvalue weighted by Crippen LogP contribution is 2.21. The fraction of sp³-hybridized carbons (Fsp3) is 0.464. The maximum Gasteiger partial charge on any atom is 0.299 e. The Balaban J connectivity index is 1.46. The summed E-state index contributed by atoms with van der Waals surface area (Å²) in [6.07, 6.45) is 12.1. The monoisotopic (exact) mass is 525 g/mol. The van der Waals surface area contributed by atoms with Crippen LogP contribution in [0.2, 0.25) is 0 Å². The zero-order valence-electron chi connectivity index (χ0n) is 21.9. The number of aromatic amines is 1. The van der Waals surface area contributed by atoms with Crippen LogP contribution >= 0.6 is 0 Å². The van der Waals surface area contributed by atoms with E-state index in [1.54, 1.807) is 19.1 Å². The fourth-order valence-electron chi connectivity index (χ4n) is 4.12. The molecule has 0 aliphatic rings. The van der Waals surface area contributed by atoms with Gasteiger partial charge in [-0.3, -0.25) is 9.89 Å². The van der Waals surface area contributed by atoms with Crippen LogP contribution in [0, 0.1) is 6.92 Å². The van der Waals surface area contributed by atoms with Crippen molar-refractivity contribution >= 4 is 21.4 Å². The lowest BCUT2D eigenvalue weighted by Crippen LogP contribution is -2.24. The van der Waals surface area contributed by atoms with Gasteiger partial charge in [0, 0.05) is 6.54 Å². The van der Waals surface area contributed by atoms with Gasteiger partial charge in [-0.1, -0.05) is 82.9 Å². The average molecular weight is 526 g/mol. The Labute approximate surface area is 220 Å². The number of benzene rings is 2. The summed E-state index contributed by atoms with van der Waals surface area (Å²) in [7, 11) is -3.58. The Bertz CT molecular complexity index is 1280. The third-order valence-corrected chi connectivity index (χ3v) is 7.77. The van der Waals surface area contributed by atoms with E-state index in [9.17, 15) is 13.2 Å². The summed E-state index contributed by atoms with van der Waals surface area (Å²) < 4.78 is 29.3. The van der Waals surface area contributed by atoms with Crippen molar-refractivity contribution in [2.24, 2.45) is 10.2 Å². The van der Waals surface area contributed by atoms with Crippen molar-refractivity contribution in [2.75, 3.05) is 6.54 Å². The van der Waals surface area contributed by atoms with Crippen molar-refractivity contribution < 1.29 is 8.42 Å². The van der Waals surface area contributed by atoms with Gasteiger partial charge in [-0.05, 0) is 49.7 Å². The molecule has 3 rings (SSSR count). The minimum Gasteiger partial charge on any atom is -0.293 e. The molecule has 0 aliphatic heterocycles. The molecule has 0 atom stereocenters. The van der Waals surface area contributed by atoms with E-state index in [0.717, 1.165) is 19.3 Å². The van der Waals surface area contributed by atoms with Crippen molar-refractivity contribution in [3.63, 3.8) is 0 Å². The number of nitrogens with zero attached hydrogens (tertiary/aromatic N) is 3. The molecule has 0 bridgehead atoms. The number of para-hydroxylation sites is 1. The summed E-state index contributed by atoms with van der Waals surface area (Å²) in [5.41, 5.74) is 1.66. The Morgan fingerprint density at radius 2 is 1.41 bits per heavy atom. The minimum absolute atomic E-state index is 0.183. The maximum absolute atomic E-state index is 12.7. The number of nitrogens with one attached hydrogen (secondary N) is 2. The van der Waals surface area contributed by atoms with Crippen LogP contribution < -0.4 is 10.3 Å². The number of H-pyrrole nitrogens is 1. The van der Waals surface area contributed by atoms with E-state index >= 15 is 0 Å². The molecule has 200 valence electrons. The van der Waals surface area contributed by atoms with Crippen molar-refractivity contribution in [3.8, 4) is 5.69 Å². The Hall–Kier alpha value is -3.04. The zero-order chi connectivity index (χ0) is 26.5. The number of hydrogen-bond acceptors (Lipinski definition) is 5. The van der Waals surface area contributed by atoms with E-state index < -0.39 is 10.0 Å². The van der Waals surface area contributed by atoms with Crippen LogP contribution in [-0.2, 0) is 10.0 Å². The number of sulfonamides is 1. The lowest BCUT2D eigenvalue weighted by Gasteiger charge is -2.07. The first-order valence-corrected chi connectivity index (χ1v) is 14.8. The lowest BCUT2D eigenvalue weighted by atomic mass is 10.1. The van der Waals surface area contributed by atoms with Crippen molar-refractivity contribution in [2.45, 2.75) is 83.0 Å². The molecule has 0 saturated heterocycles. The van der Waals surface area contributed by atoms with Crippen molar-refractivity contribution in [3.05, 3.63) is 70.6 Å². The van der Waals surface area contributed by atoms with Crippen molar-refractivity contribution in [1.82, 2.24) is 14.5 Å². The second-order valence-electron chi connectivity index (χ2n) is 9.34. The summed E-state index contributed by atoms with van der Waals surface area (Å²) in [4.78, 5) is 12.9. The molecule has 0 saturated carbocycles. The number of aromatic nitrogens is 2. The van der Waals surface area contributed by atoms with Gasteiger partial charge in [0.2, 0.25) is 10.0 Å². The first-order valence-electron chi connectivity index (χ1n) is 13.3. The molecule has 8 nitrogen and oxygen atoms in total. The van der Waals surface area contributed by atoms with Gasteiger partial charge in [-0.25, -0.2) is 17.8 Å². The Morgan fingerprint density at radius 1 is 0.811 bits per heavy atom. The largest absolute Gasteiger partial charge is 0.299 e. The normalized spacial score (nSPS) is 11.9. The van der Waals surface area contributed by atoms with E-state index in [0.29, 0.717) is 23.6 Å². The van der Waals surface area contributed by atoms with Crippen LogP contribution in [-0.4, -0.2) is 24.7 Å². The van der Waals surface area contributed by atoms with Gasteiger partial charge >= 0.3 is 0 Å². The quantitative estimate of drug-likeness (QED) is 0.154. The van der Waals surface area contributed by atoms with Gasteiger partial charge in [0.05, 0.1) is 22.0 Å². The van der Waals surface area contributed by atoms with Crippen molar-refractivity contribution in [1.29, 1.82) is 0 Å². The maximum atomic E-state index is 12.7. The number of hydrogen-bond donors (Lipinski definition) is 2. The lowest BCUT2D eigenvalue weighted by molar-refractivity contribution is 0.549. The van der Waals surface area contributed by atoms with Crippen LogP contribution in [0.5, 0.6) is 0 Å². The SMILES string of the molecule is CCCCCCCCCCCCNS(=O)(=O)c1ccc(N=Nc2c(C)[nH]n(-c3ccccc3)c2=O)cc1. The fourth-order valence-corrected chi connectivity index (χ4v) is 5.19. The smallest absolute Gasteiger partial charge is 0.293 e. The molecule has 0 amide bonds. The van der Waals surface area contributed by atoms with Gasteiger partial charge in [-0.2, -0.15) is 5.11 Å². The topological polar surface area (TPSA) is 109 Å². The van der Waals surface area contributed by atoms with Crippen LogP contribution in [0.25, 0.3) is 5.69 Å². The summed E-state index contributed by atoms with van der Waals surface area (Å²) in [6.45, 7) is 4.42. The predicted molar refractivity (Wildman–Crippen MR) is 149 cm³/mol. The van der Waals surface area contributed by atoms with E-state index in [-0.39, 0.29) is 16.1 Å². The molecule has 0 radical (unpaired) electrons. The molecule has 3 aromatic rings. The highest BCUT2D eigenvalue weighted by molar-refractivity contribution is 7.89. The van der Waals surface area contributed by atoms with Gasteiger partial charge in [-0.15, -0.1) is 5.11 Å². The van der Waals surface area contributed by atoms with Gasteiger partial charge in [0.15, 0.2) is 5.69 Å². The molecule has 9 heteroatoms. The van der Waals surface area contributed by atoms with Crippen LogP contribution in [0.15, 0.2) is 74.5 Å². The molecule has 37 heavy (non-hydrogen) atoms. The second kappa shape index (κ2) is 14.6. The van der Waals surface area contributed by atoms with Crippen LogP contribution in [0.4, 0.5) is 11.4 Å². The molecule has 0 unspecified atom stereocenters. The van der Waals surface area contributed by atoms with E-state index in [4.69, 9.17) is 0 Å². The Morgan fingerprint density at radius 3 is 2.03 bits per heavy atom. The number of unbranched alkanes of at least 4 members (excludes halogenated alkanes) is 9. The summed E-state index contributed by atoms with van der Waals surface area (Å²) in [5.74, 6) is 0. The number of azo groups is 1. The first-order chi connectivity index (χ1) is 17.9. The minimum atomic E-state index is -3.58. The molecule has 2 N–H and O–H groups in total. The molecular formula is C28H39N5O3S. The van der Waals surface area contributed by atoms with Gasteiger partial charge in [0.25, 0.3) is 5.56 Å². The predicted octanol–water partition coefficient (Wildman–Crippen LogP) is 7.09. The van der Waals surface area contributed by atoms with Crippen LogP contribution in [0.1, 0.15) is 76.8 Å². The second-order valence-corrected chi connectivity index (χ2v) is 11.1. The number of rotatable bonds is 16. The highest BCUT2D eigenvalue weighted by Gasteiger charge is 2.14. The molecular weight excluding hydrogens is 486 g/mol. The summed E-state index contributed by atoms with van der Waals surface area (Å²) in [5, 5.41) is 11.3. The molecule has 1 heterocycles. The van der Waals surface area contributed by atoms with Crippen LogP contribution in [0.3, 0.4) is 0 Å². The summed E-state index contributed by atoms with van der Waals surface area (Å²) >= 11 is 0. The summed E-state index contributed by atoms with van der Waals surface area (Å²) in [6, 6.07) is 15.4. The highest BCUT2D eigenvalue weighted by atomic mass is 32.2. The molecule has 1 aromatic heterocycles. The third-order valence-electron chi connectivity index (χ3n) is 6.29. The average Bonchev–Trinajstić information content (AvgIpc) is 3.19. The third kappa shape index (κ3) is 8.79. The van der Waals surface area contributed by atoms with E-state index in [2.05, 4.69) is 27.0 Å². The molecule has 0 spiro atoms. The zero-order valence-corrected chi connectivity index (χ0v) is 22.8. The standard InChI is InChI=1S/C28H39N5O3S/c1-3-4-5-6-7-8-9-10-11-15-22-29-37(35,36)26-20-18-24(19-21-26)30-31-27-23(2)32-33(28(27)34)25-16-13-12-14-17-25/h12-14,16-21,29,32H,3-11,15,22H2,1-2H3. The first kappa shape index (κ1) is 28.5. The van der Waals surface area contributed by atoms with Gasteiger partial charge < -0.3 is 0 Å². The number of aryl methyl sites for hydroxylation is 1. The molecule has 0 aliphatic carbocycles.